The number of anilines is 1. The number of carboxylic acid groups (broad SMARTS) is 1. The van der Waals surface area contributed by atoms with Gasteiger partial charge in [-0.15, -0.1) is 0 Å². The van der Waals surface area contributed by atoms with E-state index in [2.05, 4.69) is 5.32 Å². The molecule has 0 saturated heterocycles. The van der Waals surface area contributed by atoms with Crippen LogP contribution < -0.4 is 5.32 Å². The van der Waals surface area contributed by atoms with Crippen molar-refractivity contribution < 1.29 is 19.1 Å². The number of amides is 2. The molecule has 0 bridgehead atoms. The summed E-state index contributed by atoms with van der Waals surface area (Å²) in [6.07, 6.45) is 0.575. The van der Waals surface area contributed by atoms with Gasteiger partial charge in [0.1, 0.15) is 12.4 Å². The lowest BCUT2D eigenvalue weighted by atomic mass is 10.2. The molecule has 1 aromatic carbocycles. The van der Waals surface area contributed by atoms with E-state index >= 15 is 0 Å². The number of rotatable bonds is 5. The van der Waals surface area contributed by atoms with Gasteiger partial charge < -0.3 is 15.3 Å². The summed E-state index contributed by atoms with van der Waals surface area (Å²) in [6.45, 7) is 3.07. The summed E-state index contributed by atoms with van der Waals surface area (Å²) >= 11 is 5.81. The van der Waals surface area contributed by atoms with Crippen LogP contribution in [0.25, 0.3) is 0 Å². The van der Waals surface area contributed by atoms with Crippen LogP contribution in [0.5, 0.6) is 0 Å². The van der Waals surface area contributed by atoms with Crippen LogP contribution in [0, 0.1) is 5.82 Å². The Morgan fingerprint density at radius 2 is 2.15 bits per heavy atom. The van der Waals surface area contributed by atoms with Crippen LogP contribution in [-0.4, -0.2) is 34.6 Å². The molecule has 0 heterocycles. The van der Waals surface area contributed by atoms with E-state index in [4.69, 9.17) is 16.7 Å². The summed E-state index contributed by atoms with van der Waals surface area (Å²) < 4.78 is 13.6. The third-order valence-corrected chi connectivity index (χ3v) is 3.20. The number of urea groups is 1. The number of nitrogens with zero attached hydrogens (tertiary/aromatic N) is 1. The van der Waals surface area contributed by atoms with E-state index in [0.717, 1.165) is 11.0 Å². The van der Waals surface area contributed by atoms with Gasteiger partial charge in [0.05, 0.1) is 10.7 Å². The molecule has 5 nitrogen and oxygen atoms in total. The van der Waals surface area contributed by atoms with Crippen molar-refractivity contribution in [2.45, 2.75) is 26.3 Å². The minimum absolute atomic E-state index is 0.0535. The highest BCUT2D eigenvalue weighted by Crippen LogP contribution is 2.25. The van der Waals surface area contributed by atoms with Crippen molar-refractivity contribution in [2.24, 2.45) is 0 Å². The Morgan fingerprint density at radius 3 is 2.65 bits per heavy atom. The number of carbonyl (C=O) groups excluding carboxylic acids is 1. The second-order valence-corrected chi connectivity index (χ2v) is 4.71. The predicted octanol–water partition coefficient (Wildman–Crippen LogP) is 3.20. The molecule has 1 aromatic rings. The maximum Gasteiger partial charge on any atom is 0.323 e. The van der Waals surface area contributed by atoms with Crippen molar-refractivity contribution in [1.29, 1.82) is 0 Å². The zero-order valence-corrected chi connectivity index (χ0v) is 11.9. The molecule has 2 N–H and O–H groups in total. The summed E-state index contributed by atoms with van der Waals surface area (Å²) in [4.78, 5) is 24.0. The summed E-state index contributed by atoms with van der Waals surface area (Å²) in [7, 11) is 0. The van der Waals surface area contributed by atoms with Crippen LogP contribution in [0.1, 0.15) is 20.3 Å². The van der Waals surface area contributed by atoms with E-state index in [1.807, 2.05) is 6.92 Å². The molecule has 0 radical (unpaired) electrons. The maximum atomic E-state index is 13.6. The Balaban J connectivity index is 2.93. The smallest absolute Gasteiger partial charge is 0.323 e. The van der Waals surface area contributed by atoms with Gasteiger partial charge in [0.2, 0.25) is 0 Å². The number of carboxylic acids is 1. The average molecular weight is 303 g/mol. The largest absolute Gasteiger partial charge is 0.480 e. The fourth-order valence-corrected chi connectivity index (χ4v) is 1.80. The van der Waals surface area contributed by atoms with Crippen LogP contribution in [0.15, 0.2) is 18.2 Å². The number of nitrogens with one attached hydrogen (secondary N) is 1. The molecule has 0 spiro atoms. The molecule has 1 rings (SSSR count). The molecule has 2 amide bonds. The SMILES string of the molecule is CCC(C)N(CC(=O)O)C(=O)Nc1c(F)cccc1Cl. The number of para-hydroxylation sites is 1. The molecule has 1 unspecified atom stereocenters. The molecular weight excluding hydrogens is 287 g/mol. The number of hydrogen-bond donors (Lipinski definition) is 2. The zero-order valence-electron chi connectivity index (χ0n) is 11.2. The first-order valence-electron chi connectivity index (χ1n) is 6.10. The maximum absolute atomic E-state index is 13.6. The summed E-state index contributed by atoms with van der Waals surface area (Å²) in [5.41, 5.74) is -0.155. The Labute approximate surface area is 121 Å². The Bertz CT molecular complexity index is 490. The first-order valence-corrected chi connectivity index (χ1v) is 6.48. The summed E-state index contributed by atoms with van der Waals surface area (Å²) in [5.74, 6) is -1.81. The van der Waals surface area contributed by atoms with Gasteiger partial charge in [0.15, 0.2) is 0 Å². The van der Waals surface area contributed by atoms with Crippen LogP contribution in [0.3, 0.4) is 0 Å². The molecule has 0 fully saturated rings. The fourth-order valence-electron chi connectivity index (χ4n) is 1.59. The van der Waals surface area contributed by atoms with Gasteiger partial charge in [-0.25, -0.2) is 9.18 Å². The molecular formula is C13H16ClFN2O3. The number of benzene rings is 1. The van der Waals surface area contributed by atoms with E-state index in [1.165, 1.54) is 12.1 Å². The van der Waals surface area contributed by atoms with Gasteiger partial charge in [0, 0.05) is 6.04 Å². The van der Waals surface area contributed by atoms with E-state index < -0.39 is 24.4 Å². The van der Waals surface area contributed by atoms with Crippen LogP contribution in [-0.2, 0) is 4.79 Å². The Hall–Kier alpha value is -1.82. The van der Waals surface area contributed by atoms with E-state index in [1.54, 1.807) is 6.92 Å². The topological polar surface area (TPSA) is 69.6 Å². The minimum Gasteiger partial charge on any atom is -0.480 e. The zero-order chi connectivity index (χ0) is 15.3. The second kappa shape index (κ2) is 7.09. The number of aliphatic carboxylic acids is 1. The van der Waals surface area contributed by atoms with Gasteiger partial charge in [-0.05, 0) is 25.5 Å². The van der Waals surface area contributed by atoms with Gasteiger partial charge >= 0.3 is 12.0 Å². The van der Waals surface area contributed by atoms with Crippen molar-refractivity contribution in [3.8, 4) is 0 Å². The normalized spacial score (nSPS) is 11.8. The molecule has 20 heavy (non-hydrogen) atoms. The number of carbonyl (C=O) groups is 2. The molecule has 0 aliphatic carbocycles. The molecule has 1 atom stereocenters. The van der Waals surface area contributed by atoms with E-state index in [9.17, 15) is 14.0 Å². The van der Waals surface area contributed by atoms with Crippen molar-refractivity contribution in [2.75, 3.05) is 11.9 Å². The van der Waals surface area contributed by atoms with Gasteiger partial charge in [0.25, 0.3) is 0 Å². The van der Waals surface area contributed by atoms with Gasteiger partial charge in [-0.1, -0.05) is 24.6 Å². The van der Waals surface area contributed by atoms with Crippen molar-refractivity contribution in [3.63, 3.8) is 0 Å². The molecule has 0 aromatic heterocycles. The molecule has 0 saturated carbocycles. The van der Waals surface area contributed by atoms with Gasteiger partial charge in [-0.2, -0.15) is 0 Å². The predicted molar refractivity (Wildman–Crippen MR) is 74.5 cm³/mol. The summed E-state index contributed by atoms with van der Waals surface area (Å²) in [5, 5.41) is 11.2. The Morgan fingerprint density at radius 1 is 1.50 bits per heavy atom. The van der Waals surface area contributed by atoms with Crippen molar-refractivity contribution in [1.82, 2.24) is 4.90 Å². The van der Waals surface area contributed by atoms with Crippen LogP contribution in [0.4, 0.5) is 14.9 Å². The summed E-state index contributed by atoms with van der Waals surface area (Å²) in [6, 6.07) is 3.01. The van der Waals surface area contributed by atoms with E-state index in [0.29, 0.717) is 6.42 Å². The minimum atomic E-state index is -1.14. The standard InChI is InChI=1S/C13H16ClFN2O3/c1-3-8(2)17(7-11(18)19)13(20)16-12-9(14)5-4-6-10(12)15/h4-6,8H,3,7H2,1-2H3,(H,16,20)(H,18,19). The van der Waals surface area contributed by atoms with Gasteiger partial charge in [-0.3, -0.25) is 4.79 Å². The first-order chi connectivity index (χ1) is 9.36. The highest BCUT2D eigenvalue weighted by Gasteiger charge is 2.23. The third-order valence-electron chi connectivity index (χ3n) is 2.88. The highest BCUT2D eigenvalue weighted by molar-refractivity contribution is 6.33. The number of hydrogen-bond acceptors (Lipinski definition) is 2. The van der Waals surface area contributed by atoms with Crippen molar-refractivity contribution >= 4 is 29.3 Å². The molecule has 110 valence electrons. The van der Waals surface area contributed by atoms with E-state index in [-0.39, 0.29) is 16.8 Å². The lowest BCUT2D eigenvalue weighted by Gasteiger charge is -2.27. The second-order valence-electron chi connectivity index (χ2n) is 4.31. The van der Waals surface area contributed by atoms with Crippen LogP contribution in [0.2, 0.25) is 5.02 Å². The molecule has 0 aliphatic heterocycles. The van der Waals surface area contributed by atoms with Crippen molar-refractivity contribution in [3.05, 3.63) is 29.0 Å². The quantitative estimate of drug-likeness (QED) is 0.877. The fraction of sp³-hybridized carbons (Fsp3) is 0.385. The third kappa shape index (κ3) is 4.09. The number of halogens is 2. The molecule has 0 aliphatic rings. The lowest BCUT2D eigenvalue weighted by Crippen LogP contribution is -2.44. The highest BCUT2D eigenvalue weighted by atomic mass is 35.5. The lowest BCUT2D eigenvalue weighted by molar-refractivity contribution is -0.138. The van der Waals surface area contributed by atoms with Crippen LogP contribution >= 0.6 is 11.6 Å². The average Bonchev–Trinajstić information content (AvgIpc) is 2.39. The Kier molecular flexibility index (Phi) is 5.76. The molecule has 7 heteroatoms. The monoisotopic (exact) mass is 302 g/mol. The first kappa shape index (κ1) is 16.2.